The maximum absolute atomic E-state index is 11.7. The number of hydrogen-bond acceptors (Lipinski definition) is 7. The highest BCUT2D eigenvalue weighted by molar-refractivity contribution is 7.13. The molecule has 0 bridgehead atoms. The number of rotatable bonds is 9. The number of carbonyl (C=O) groups excluding carboxylic acids is 2. The molecule has 1 atom stereocenters. The van der Waals surface area contributed by atoms with Gasteiger partial charge in [0.1, 0.15) is 5.82 Å². The summed E-state index contributed by atoms with van der Waals surface area (Å²) in [4.78, 5) is 29.5. The van der Waals surface area contributed by atoms with Crippen LogP contribution in [0.1, 0.15) is 32.1 Å². The lowest BCUT2D eigenvalue weighted by Gasteiger charge is -2.35. The van der Waals surface area contributed by atoms with Crippen LogP contribution in [0.25, 0.3) is 10.1 Å². The fourth-order valence-corrected chi connectivity index (χ4v) is 5.49. The van der Waals surface area contributed by atoms with E-state index in [0.29, 0.717) is 18.9 Å². The zero-order valence-corrected chi connectivity index (χ0v) is 18.3. The number of nitrogens with zero attached hydrogens (tertiary/aromatic N) is 4. The number of amides is 2. The fourth-order valence-electron chi connectivity index (χ4n) is 4.69. The second kappa shape index (κ2) is 10.3. The van der Waals surface area contributed by atoms with Crippen molar-refractivity contribution >= 4 is 39.8 Å². The molecule has 2 aliphatic heterocycles. The first-order valence-corrected chi connectivity index (χ1v) is 11.8. The number of imide groups is 1. The normalized spacial score (nSPS) is 20.7. The molecular formula is C22H31N5O2S. The summed E-state index contributed by atoms with van der Waals surface area (Å²) in [6, 6.07) is 8.78. The van der Waals surface area contributed by atoms with Crippen molar-refractivity contribution in [3.8, 4) is 0 Å². The first kappa shape index (κ1) is 21.2. The molecule has 0 saturated carbocycles. The summed E-state index contributed by atoms with van der Waals surface area (Å²) in [7, 11) is 0. The first-order valence-electron chi connectivity index (χ1n) is 11.0. The number of nitrogens with one attached hydrogen (secondary N) is 1. The summed E-state index contributed by atoms with van der Waals surface area (Å²) in [6.45, 7) is 7.49. The van der Waals surface area contributed by atoms with E-state index in [1.54, 1.807) is 11.5 Å². The molecule has 1 N–H and O–H groups in total. The molecular weight excluding hydrogens is 398 g/mol. The van der Waals surface area contributed by atoms with Gasteiger partial charge in [-0.25, -0.2) is 0 Å². The summed E-state index contributed by atoms with van der Waals surface area (Å²) < 4.78 is 5.96. The van der Waals surface area contributed by atoms with E-state index >= 15 is 0 Å². The number of piperazine rings is 1. The van der Waals surface area contributed by atoms with Crippen molar-refractivity contribution in [3.05, 3.63) is 24.3 Å². The van der Waals surface area contributed by atoms with Gasteiger partial charge in [0.25, 0.3) is 0 Å². The molecule has 4 rings (SSSR count). The molecule has 2 aromatic rings. The lowest BCUT2D eigenvalue weighted by Crippen LogP contribution is -2.46. The molecule has 30 heavy (non-hydrogen) atoms. The molecule has 0 aliphatic carbocycles. The Kier molecular flexibility index (Phi) is 7.30. The zero-order chi connectivity index (χ0) is 20.8. The zero-order valence-electron chi connectivity index (χ0n) is 17.5. The molecule has 162 valence electrons. The highest BCUT2D eigenvalue weighted by atomic mass is 32.1. The number of unbranched alkanes of at least 4 members (excludes halogenated alkanes) is 1. The molecule has 2 aliphatic rings. The Morgan fingerprint density at radius 3 is 2.77 bits per heavy atom. The molecule has 8 heteroatoms. The van der Waals surface area contributed by atoms with Crippen molar-refractivity contribution in [2.24, 2.45) is 0 Å². The smallest absolute Gasteiger partial charge is 0.227 e. The second-order valence-electron chi connectivity index (χ2n) is 8.26. The van der Waals surface area contributed by atoms with E-state index < -0.39 is 0 Å². The van der Waals surface area contributed by atoms with Gasteiger partial charge in [0, 0.05) is 44.0 Å². The van der Waals surface area contributed by atoms with Gasteiger partial charge in [-0.15, -0.1) is 0 Å². The van der Waals surface area contributed by atoms with Gasteiger partial charge in [0.15, 0.2) is 0 Å². The van der Waals surface area contributed by atoms with Crippen LogP contribution in [0.5, 0.6) is 0 Å². The molecule has 7 nitrogen and oxygen atoms in total. The number of carbonyl (C=O) groups is 2. The average Bonchev–Trinajstić information content (AvgIpc) is 3.39. The average molecular weight is 430 g/mol. The van der Waals surface area contributed by atoms with Crippen molar-refractivity contribution in [1.29, 1.82) is 0 Å². The highest BCUT2D eigenvalue weighted by Crippen LogP contribution is 2.29. The van der Waals surface area contributed by atoms with Crippen LogP contribution < -0.4 is 10.2 Å². The molecule has 2 fully saturated rings. The van der Waals surface area contributed by atoms with E-state index in [9.17, 15) is 9.59 Å². The quantitative estimate of drug-likeness (QED) is 0.487. The molecule has 1 aromatic carbocycles. The Hall–Kier alpha value is -2.03. The van der Waals surface area contributed by atoms with Crippen molar-refractivity contribution in [2.75, 3.05) is 50.7 Å². The highest BCUT2D eigenvalue weighted by Gasteiger charge is 2.26. The lowest BCUT2D eigenvalue weighted by atomic mass is 10.1. The monoisotopic (exact) mass is 429 g/mol. The molecule has 0 spiro atoms. The number of likely N-dealkylation sites (tertiary alicyclic amines) is 1. The van der Waals surface area contributed by atoms with Gasteiger partial charge < -0.3 is 4.90 Å². The van der Waals surface area contributed by atoms with Crippen LogP contribution >= 0.6 is 11.5 Å². The summed E-state index contributed by atoms with van der Waals surface area (Å²) >= 11 is 1.59. The van der Waals surface area contributed by atoms with E-state index in [4.69, 9.17) is 4.37 Å². The summed E-state index contributed by atoms with van der Waals surface area (Å²) in [5, 5.41) is 3.54. The standard InChI is InChI=1S/C22H31N5O2S/c28-17-23-21(29)16-18-6-5-11-26(18)10-4-3-9-25-12-14-27(15-13-25)22-19-7-1-2-8-20(19)30-24-22/h1-2,7-8,17-18H,3-6,9-16H2,(H,23,28,29). The molecule has 0 radical (unpaired) electrons. The predicted molar refractivity (Wildman–Crippen MR) is 121 cm³/mol. The van der Waals surface area contributed by atoms with Crippen molar-refractivity contribution in [3.63, 3.8) is 0 Å². The molecule has 3 heterocycles. The Labute approximate surface area is 182 Å². The number of hydrogen-bond donors (Lipinski definition) is 1. The molecule has 1 unspecified atom stereocenters. The molecule has 2 amide bonds. The van der Waals surface area contributed by atoms with Gasteiger partial charge in [-0.1, -0.05) is 12.1 Å². The van der Waals surface area contributed by atoms with Crippen LogP contribution in [0.2, 0.25) is 0 Å². The number of benzene rings is 1. The fraction of sp³-hybridized carbons (Fsp3) is 0.591. The van der Waals surface area contributed by atoms with Crippen LogP contribution in [-0.4, -0.2) is 78.3 Å². The minimum atomic E-state index is -0.160. The summed E-state index contributed by atoms with van der Waals surface area (Å²) in [5.41, 5.74) is 0. The lowest BCUT2D eigenvalue weighted by molar-refractivity contribution is -0.126. The minimum absolute atomic E-state index is 0.160. The third-order valence-corrected chi connectivity index (χ3v) is 7.16. The largest absolute Gasteiger partial charge is 0.353 e. The Morgan fingerprint density at radius 1 is 1.13 bits per heavy atom. The minimum Gasteiger partial charge on any atom is -0.353 e. The maximum Gasteiger partial charge on any atom is 0.227 e. The number of fused-ring (bicyclic) bond motifs is 1. The van der Waals surface area contributed by atoms with E-state index in [1.807, 2.05) is 0 Å². The van der Waals surface area contributed by atoms with E-state index in [2.05, 4.69) is 44.3 Å². The molecule has 1 aromatic heterocycles. The van der Waals surface area contributed by atoms with Gasteiger partial charge >= 0.3 is 0 Å². The number of anilines is 1. The first-order chi connectivity index (χ1) is 14.7. The van der Waals surface area contributed by atoms with Crippen LogP contribution in [-0.2, 0) is 9.59 Å². The van der Waals surface area contributed by atoms with Gasteiger partial charge in [-0.05, 0) is 69.0 Å². The van der Waals surface area contributed by atoms with Crippen molar-refractivity contribution in [2.45, 2.75) is 38.1 Å². The summed E-state index contributed by atoms with van der Waals surface area (Å²) in [5.74, 6) is 0.988. The van der Waals surface area contributed by atoms with Crippen LogP contribution in [0, 0.1) is 0 Å². The van der Waals surface area contributed by atoms with Crippen LogP contribution in [0.15, 0.2) is 24.3 Å². The Bertz CT molecular complexity index is 849. The van der Waals surface area contributed by atoms with E-state index in [0.717, 1.165) is 70.9 Å². The van der Waals surface area contributed by atoms with Gasteiger partial charge in [-0.2, -0.15) is 4.37 Å². The topological polar surface area (TPSA) is 68.8 Å². The maximum atomic E-state index is 11.7. The number of aromatic nitrogens is 1. The SMILES string of the molecule is O=CNC(=O)CC1CCCN1CCCCN1CCN(c2nsc3ccccc23)CC1. The van der Waals surface area contributed by atoms with Crippen LogP contribution in [0.4, 0.5) is 5.82 Å². The van der Waals surface area contributed by atoms with Crippen LogP contribution in [0.3, 0.4) is 0 Å². The van der Waals surface area contributed by atoms with E-state index in [-0.39, 0.29) is 5.91 Å². The van der Waals surface area contributed by atoms with E-state index in [1.165, 1.54) is 16.5 Å². The van der Waals surface area contributed by atoms with Crippen molar-refractivity contribution < 1.29 is 9.59 Å². The molecule has 2 saturated heterocycles. The van der Waals surface area contributed by atoms with Gasteiger partial charge in [0.2, 0.25) is 12.3 Å². The Balaban J connectivity index is 1.16. The summed E-state index contributed by atoms with van der Waals surface area (Å²) in [6.07, 6.45) is 5.46. The Morgan fingerprint density at radius 2 is 1.93 bits per heavy atom. The van der Waals surface area contributed by atoms with Crippen molar-refractivity contribution in [1.82, 2.24) is 19.5 Å². The van der Waals surface area contributed by atoms with Gasteiger partial charge in [-0.3, -0.25) is 24.7 Å². The van der Waals surface area contributed by atoms with Gasteiger partial charge in [0.05, 0.1) is 4.70 Å². The second-order valence-corrected chi connectivity index (χ2v) is 9.06. The third-order valence-electron chi connectivity index (χ3n) is 6.34. The predicted octanol–water partition coefficient (Wildman–Crippen LogP) is 2.33. The third kappa shape index (κ3) is 5.17.